The standard InChI is InChI=1S/C10H13F2N3O2S/c11-10(12)3-4-15(6-10)9-2-1-7(5-8(9)13)18(14,16)17/h1-2,5H,3-4,6,13H2,(H2,14,16,17). The van der Waals surface area contributed by atoms with Crippen LogP contribution in [0.4, 0.5) is 20.2 Å². The molecule has 5 nitrogen and oxygen atoms in total. The van der Waals surface area contributed by atoms with Gasteiger partial charge in [-0.25, -0.2) is 22.3 Å². The molecule has 1 fully saturated rings. The summed E-state index contributed by atoms with van der Waals surface area (Å²) in [7, 11) is -3.84. The summed E-state index contributed by atoms with van der Waals surface area (Å²) in [5, 5.41) is 4.96. The van der Waals surface area contributed by atoms with Crippen molar-refractivity contribution >= 4 is 21.4 Å². The minimum atomic E-state index is -3.84. The van der Waals surface area contributed by atoms with E-state index < -0.39 is 22.5 Å². The minimum Gasteiger partial charge on any atom is -0.397 e. The molecule has 4 N–H and O–H groups in total. The molecule has 1 aliphatic heterocycles. The Hall–Kier alpha value is -1.41. The van der Waals surface area contributed by atoms with Crippen LogP contribution in [0.1, 0.15) is 6.42 Å². The van der Waals surface area contributed by atoms with Gasteiger partial charge in [-0.3, -0.25) is 0 Å². The number of nitrogens with zero attached hydrogens (tertiary/aromatic N) is 1. The van der Waals surface area contributed by atoms with Crippen LogP contribution in [0, 0.1) is 0 Å². The van der Waals surface area contributed by atoms with Crippen molar-refractivity contribution in [3.05, 3.63) is 18.2 Å². The van der Waals surface area contributed by atoms with Crippen molar-refractivity contribution in [2.45, 2.75) is 17.2 Å². The SMILES string of the molecule is Nc1cc(S(N)(=O)=O)ccc1N1CCC(F)(F)C1. The van der Waals surface area contributed by atoms with E-state index in [9.17, 15) is 17.2 Å². The van der Waals surface area contributed by atoms with E-state index in [1.54, 1.807) is 0 Å². The van der Waals surface area contributed by atoms with E-state index in [0.717, 1.165) is 0 Å². The van der Waals surface area contributed by atoms with Crippen molar-refractivity contribution in [3.8, 4) is 0 Å². The molecule has 8 heteroatoms. The highest BCUT2D eigenvalue weighted by atomic mass is 32.2. The van der Waals surface area contributed by atoms with E-state index >= 15 is 0 Å². The van der Waals surface area contributed by atoms with Crippen LogP contribution in [0.5, 0.6) is 0 Å². The summed E-state index contributed by atoms with van der Waals surface area (Å²) in [4.78, 5) is 1.30. The number of primary sulfonamides is 1. The van der Waals surface area contributed by atoms with Crippen LogP contribution in [-0.4, -0.2) is 27.4 Å². The van der Waals surface area contributed by atoms with Gasteiger partial charge in [-0.2, -0.15) is 0 Å². The zero-order valence-electron chi connectivity index (χ0n) is 9.44. The number of benzene rings is 1. The van der Waals surface area contributed by atoms with Crippen LogP contribution >= 0.6 is 0 Å². The molecular weight excluding hydrogens is 264 g/mol. The van der Waals surface area contributed by atoms with Gasteiger partial charge in [0.2, 0.25) is 10.0 Å². The molecule has 1 heterocycles. The number of nitrogen functional groups attached to an aromatic ring is 1. The largest absolute Gasteiger partial charge is 0.397 e. The zero-order valence-corrected chi connectivity index (χ0v) is 10.3. The number of halogens is 2. The van der Waals surface area contributed by atoms with Crippen LogP contribution in [0.15, 0.2) is 23.1 Å². The quantitative estimate of drug-likeness (QED) is 0.781. The molecule has 0 radical (unpaired) electrons. The van der Waals surface area contributed by atoms with Crippen LogP contribution < -0.4 is 15.8 Å². The predicted molar refractivity (Wildman–Crippen MR) is 64.0 cm³/mol. The molecule has 18 heavy (non-hydrogen) atoms. The average Bonchev–Trinajstić information content (AvgIpc) is 2.57. The van der Waals surface area contributed by atoms with Gasteiger partial charge in [-0.1, -0.05) is 0 Å². The number of hydrogen-bond donors (Lipinski definition) is 2. The highest BCUT2D eigenvalue weighted by Gasteiger charge is 2.38. The Morgan fingerprint density at radius 3 is 2.44 bits per heavy atom. The topological polar surface area (TPSA) is 89.4 Å². The van der Waals surface area contributed by atoms with Crippen molar-refractivity contribution in [2.24, 2.45) is 5.14 Å². The summed E-state index contributed by atoms with van der Waals surface area (Å²) in [6.07, 6.45) is -0.233. The molecule has 0 spiro atoms. The molecule has 1 saturated heterocycles. The Balaban J connectivity index is 2.32. The second kappa shape index (κ2) is 4.06. The van der Waals surface area contributed by atoms with Crippen molar-refractivity contribution in [1.82, 2.24) is 0 Å². The monoisotopic (exact) mass is 277 g/mol. The average molecular weight is 277 g/mol. The molecule has 0 bridgehead atoms. The summed E-state index contributed by atoms with van der Waals surface area (Å²) in [5.41, 5.74) is 6.21. The maximum Gasteiger partial charge on any atom is 0.266 e. The molecule has 100 valence electrons. The van der Waals surface area contributed by atoms with Crippen molar-refractivity contribution in [2.75, 3.05) is 23.7 Å². The zero-order chi connectivity index (χ0) is 13.6. The van der Waals surface area contributed by atoms with Crippen LogP contribution in [0.2, 0.25) is 0 Å². The molecule has 1 aliphatic rings. The molecular formula is C10H13F2N3O2S. The predicted octanol–water partition coefficient (Wildman–Crippen LogP) is 0.762. The Labute approximate surface area is 103 Å². The molecule has 0 saturated carbocycles. The van der Waals surface area contributed by atoms with Gasteiger partial charge in [0, 0.05) is 13.0 Å². The number of sulfonamides is 1. The van der Waals surface area contributed by atoms with Crippen LogP contribution in [0.3, 0.4) is 0 Å². The first-order valence-electron chi connectivity index (χ1n) is 5.24. The summed E-state index contributed by atoms with van der Waals surface area (Å²) >= 11 is 0. The minimum absolute atomic E-state index is 0.124. The first kappa shape index (κ1) is 13.0. The maximum atomic E-state index is 13.1. The Bertz CT molecular complexity index is 574. The van der Waals surface area contributed by atoms with Crippen molar-refractivity contribution < 1.29 is 17.2 Å². The molecule has 0 amide bonds. The lowest BCUT2D eigenvalue weighted by molar-refractivity contribution is 0.0257. The number of alkyl halides is 2. The Kier molecular flexibility index (Phi) is 2.94. The molecule has 1 aromatic rings. The fourth-order valence-electron chi connectivity index (χ4n) is 1.94. The summed E-state index contributed by atoms with van der Waals surface area (Å²) in [6, 6.07) is 3.84. The highest BCUT2D eigenvalue weighted by molar-refractivity contribution is 7.89. The fourth-order valence-corrected chi connectivity index (χ4v) is 2.49. The van der Waals surface area contributed by atoms with Crippen molar-refractivity contribution in [1.29, 1.82) is 0 Å². The lowest BCUT2D eigenvalue weighted by atomic mass is 10.2. The van der Waals surface area contributed by atoms with E-state index in [1.807, 2.05) is 0 Å². The van der Waals surface area contributed by atoms with Gasteiger partial charge in [0.25, 0.3) is 5.92 Å². The smallest absolute Gasteiger partial charge is 0.266 e. The second-order valence-electron chi connectivity index (χ2n) is 4.29. The molecule has 0 unspecified atom stereocenters. The highest BCUT2D eigenvalue weighted by Crippen LogP contribution is 2.34. The molecule has 1 aromatic carbocycles. The summed E-state index contributed by atoms with van der Waals surface area (Å²) in [5.74, 6) is -2.73. The normalized spacial score (nSPS) is 19.2. The molecule has 0 aliphatic carbocycles. The molecule has 0 atom stereocenters. The summed E-state index contributed by atoms with van der Waals surface area (Å²) in [6.45, 7) is -0.224. The van der Waals surface area contributed by atoms with E-state index in [4.69, 9.17) is 10.9 Å². The first-order valence-corrected chi connectivity index (χ1v) is 6.79. The Morgan fingerprint density at radius 1 is 1.33 bits per heavy atom. The van der Waals surface area contributed by atoms with Gasteiger partial charge in [-0.05, 0) is 18.2 Å². The van der Waals surface area contributed by atoms with E-state index in [1.165, 1.54) is 23.1 Å². The van der Waals surface area contributed by atoms with E-state index in [0.29, 0.717) is 5.69 Å². The summed E-state index contributed by atoms with van der Waals surface area (Å²) < 4.78 is 48.4. The van der Waals surface area contributed by atoms with E-state index in [2.05, 4.69) is 0 Å². The van der Waals surface area contributed by atoms with Gasteiger partial charge in [0.05, 0.1) is 22.8 Å². The number of hydrogen-bond acceptors (Lipinski definition) is 4. The van der Waals surface area contributed by atoms with Crippen LogP contribution in [0.25, 0.3) is 0 Å². The third-order valence-corrected chi connectivity index (χ3v) is 3.75. The Morgan fingerprint density at radius 2 is 2.00 bits per heavy atom. The second-order valence-corrected chi connectivity index (χ2v) is 5.85. The lowest BCUT2D eigenvalue weighted by Gasteiger charge is -2.20. The number of nitrogens with two attached hydrogens (primary N) is 2. The third-order valence-electron chi connectivity index (χ3n) is 2.84. The first-order chi connectivity index (χ1) is 8.19. The van der Waals surface area contributed by atoms with Gasteiger partial charge >= 0.3 is 0 Å². The van der Waals surface area contributed by atoms with Crippen molar-refractivity contribution in [3.63, 3.8) is 0 Å². The molecule has 0 aromatic heterocycles. The number of anilines is 2. The van der Waals surface area contributed by atoms with Gasteiger partial charge in [0.1, 0.15) is 0 Å². The maximum absolute atomic E-state index is 13.1. The lowest BCUT2D eigenvalue weighted by Crippen LogP contribution is -2.25. The molecule has 2 rings (SSSR count). The third kappa shape index (κ3) is 2.54. The van der Waals surface area contributed by atoms with E-state index in [-0.39, 0.29) is 23.5 Å². The van der Waals surface area contributed by atoms with Gasteiger partial charge < -0.3 is 10.6 Å². The number of rotatable bonds is 2. The van der Waals surface area contributed by atoms with Crippen LogP contribution in [-0.2, 0) is 10.0 Å². The fraction of sp³-hybridized carbons (Fsp3) is 0.400. The van der Waals surface area contributed by atoms with Gasteiger partial charge in [0.15, 0.2) is 0 Å². The van der Waals surface area contributed by atoms with Gasteiger partial charge in [-0.15, -0.1) is 0 Å².